The van der Waals surface area contributed by atoms with Crippen molar-refractivity contribution >= 4 is 17.9 Å². The summed E-state index contributed by atoms with van der Waals surface area (Å²) in [6.45, 7) is 3.81. The second-order valence-electron chi connectivity index (χ2n) is 14.8. The van der Waals surface area contributed by atoms with E-state index in [0.29, 0.717) is 12.8 Å². The van der Waals surface area contributed by atoms with Gasteiger partial charge in [-0.25, -0.2) is 4.79 Å². The molecule has 11 nitrogen and oxygen atoms in total. The molecule has 0 saturated carbocycles. The van der Waals surface area contributed by atoms with Gasteiger partial charge < -0.3 is 39.4 Å². The van der Waals surface area contributed by atoms with Gasteiger partial charge in [-0.2, -0.15) is 0 Å². The van der Waals surface area contributed by atoms with E-state index in [1.807, 2.05) is 0 Å². The Morgan fingerprint density at radius 2 is 0.904 bits per heavy atom. The Labute approximate surface area is 314 Å². The molecule has 0 spiro atoms. The molecule has 6 unspecified atom stereocenters. The first-order valence-corrected chi connectivity index (χ1v) is 21.1. The number of carbonyl (C=O) groups excluding carboxylic acids is 2. The molecule has 0 radical (unpaired) electrons. The van der Waals surface area contributed by atoms with E-state index in [9.17, 15) is 34.8 Å². The van der Waals surface area contributed by atoms with Crippen LogP contribution in [0.1, 0.15) is 194 Å². The Balaban J connectivity index is 2.38. The highest BCUT2D eigenvalue weighted by molar-refractivity contribution is 5.73. The normalized spacial score (nSPS) is 20.8. The lowest BCUT2D eigenvalue weighted by Gasteiger charge is -2.38. The fourth-order valence-corrected chi connectivity index (χ4v) is 6.59. The third-order valence-electron chi connectivity index (χ3n) is 9.96. The van der Waals surface area contributed by atoms with E-state index in [4.69, 9.17) is 18.9 Å². The van der Waals surface area contributed by atoms with Crippen molar-refractivity contribution in [3.05, 3.63) is 0 Å². The Bertz CT molecular complexity index is 885. The summed E-state index contributed by atoms with van der Waals surface area (Å²) in [6.07, 6.45) is 21.6. The van der Waals surface area contributed by atoms with Gasteiger partial charge in [-0.3, -0.25) is 9.59 Å². The summed E-state index contributed by atoms with van der Waals surface area (Å²) >= 11 is 0. The van der Waals surface area contributed by atoms with Crippen LogP contribution in [0.3, 0.4) is 0 Å². The van der Waals surface area contributed by atoms with Gasteiger partial charge in [-0.05, 0) is 12.8 Å². The number of hydrogen-bond acceptors (Lipinski definition) is 10. The lowest BCUT2D eigenvalue weighted by molar-refractivity contribution is -0.298. The summed E-state index contributed by atoms with van der Waals surface area (Å²) in [7, 11) is 0. The van der Waals surface area contributed by atoms with Crippen LogP contribution in [0, 0.1) is 0 Å². The number of aliphatic hydroxyl groups is 3. The summed E-state index contributed by atoms with van der Waals surface area (Å²) in [6, 6.07) is 0. The second kappa shape index (κ2) is 32.6. The largest absolute Gasteiger partial charge is 0.479 e. The Morgan fingerprint density at radius 3 is 1.31 bits per heavy atom. The molecule has 0 aromatic rings. The van der Waals surface area contributed by atoms with Crippen molar-refractivity contribution in [1.29, 1.82) is 0 Å². The molecule has 1 saturated heterocycles. The van der Waals surface area contributed by atoms with E-state index in [0.717, 1.165) is 38.5 Å². The van der Waals surface area contributed by atoms with E-state index in [1.165, 1.54) is 116 Å². The molecule has 0 aromatic carbocycles. The molecular formula is C41H76O11. The molecular weight excluding hydrogens is 668 g/mol. The van der Waals surface area contributed by atoms with Crippen LogP contribution < -0.4 is 0 Å². The van der Waals surface area contributed by atoms with Crippen LogP contribution in [-0.2, 0) is 33.3 Å². The van der Waals surface area contributed by atoms with Crippen LogP contribution in [0.5, 0.6) is 0 Å². The molecule has 1 aliphatic heterocycles. The van der Waals surface area contributed by atoms with Gasteiger partial charge in [0.2, 0.25) is 0 Å². The van der Waals surface area contributed by atoms with Gasteiger partial charge in [0.15, 0.2) is 18.5 Å². The molecule has 1 fully saturated rings. The fourth-order valence-electron chi connectivity index (χ4n) is 6.59. The van der Waals surface area contributed by atoms with Gasteiger partial charge in [0.05, 0.1) is 6.61 Å². The summed E-state index contributed by atoms with van der Waals surface area (Å²) in [5.41, 5.74) is 0. The number of aliphatic carboxylic acids is 1. The SMILES string of the molecule is CCCCCCCCCCCCCCCCCC(=O)OCC(COC1OC(C(=O)O)C(O)C(O)C1O)OC(=O)CCCCCCCCCCCCC. The van der Waals surface area contributed by atoms with Crippen LogP contribution in [0.2, 0.25) is 0 Å². The molecule has 0 bridgehead atoms. The highest BCUT2D eigenvalue weighted by atomic mass is 16.7. The first-order valence-electron chi connectivity index (χ1n) is 21.1. The van der Waals surface area contributed by atoms with Crippen LogP contribution in [0.4, 0.5) is 0 Å². The quantitative estimate of drug-likeness (QED) is 0.0364. The number of rotatable bonds is 35. The van der Waals surface area contributed by atoms with Crippen molar-refractivity contribution in [2.24, 2.45) is 0 Å². The monoisotopic (exact) mass is 745 g/mol. The lowest BCUT2D eigenvalue weighted by atomic mass is 9.99. The van der Waals surface area contributed by atoms with Gasteiger partial charge in [-0.15, -0.1) is 0 Å². The maximum Gasteiger partial charge on any atom is 0.335 e. The van der Waals surface area contributed by atoms with E-state index < -0.39 is 54.7 Å². The zero-order valence-corrected chi connectivity index (χ0v) is 32.8. The predicted octanol–water partition coefficient (Wildman–Crippen LogP) is 8.31. The molecule has 0 aromatic heterocycles. The van der Waals surface area contributed by atoms with Crippen molar-refractivity contribution in [2.75, 3.05) is 13.2 Å². The number of carbonyl (C=O) groups is 3. The van der Waals surface area contributed by atoms with Crippen molar-refractivity contribution < 1.29 is 53.8 Å². The van der Waals surface area contributed by atoms with Gasteiger partial charge in [0.1, 0.15) is 24.9 Å². The maximum atomic E-state index is 12.7. The maximum absolute atomic E-state index is 12.7. The first-order chi connectivity index (χ1) is 25.2. The summed E-state index contributed by atoms with van der Waals surface area (Å²) in [4.78, 5) is 36.7. The first kappa shape index (κ1) is 48.2. The molecule has 1 rings (SSSR count). The zero-order chi connectivity index (χ0) is 38.2. The minimum atomic E-state index is -1.85. The average molecular weight is 745 g/mol. The number of carboxylic acid groups (broad SMARTS) is 1. The van der Waals surface area contributed by atoms with Crippen molar-refractivity contribution in [3.63, 3.8) is 0 Å². The number of esters is 2. The predicted molar refractivity (Wildman–Crippen MR) is 202 cm³/mol. The van der Waals surface area contributed by atoms with Crippen LogP contribution in [0.25, 0.3) is 0 Å². The molecule has 1 aliphatic rings. The van der Waals surface area contributed by atoms with Gasteiger partial charge >= 0.3 is 17.9 Å². The van der Waals surface area contributed by atoms with E-state index in [1.54, 1.807) is 0 Å². The topological polar surface area (TPSA) is 169 Å². The standard InChI is InChI=1S/C41H76O11/c1-3-5-7-9-11-13-15-16-17-18-20-21-23-25-27-29-34(42)49-31-33(32-50-41-38(46)36(44)37(45)39(52-41)40(47)48)51-35(43)30-28-26-24-22-19-14-12-10-8-6-4-2/h33,36-39,41,44-46H,3-32H2,1-2H3,(H,47,48). The molecule has 6 atom stereocenters. The van der Waals surface area contributed by atoms with E-state index in [2.05, 4.69) is 13.8 Å². The minimum absolute atomic E-state index is 0.190. The number of hydrogen-bond donors (Lipinski definition) is 4. The fraction of sp³-hybridized carbons (Fsp3) is 0.927. The van der Waals surface area contributed by atoms with Gasteiger partial charge in [-0.1, -0.05) is 168 Å². The summed E-state index contributed by atoms with van der Waals surface area (Å²) < 4.78 is 21.7. The van der Waals surface area contributed by atoms with E-state index >= 15 is 0 Å². The number of ether oxygens (including phenoxy) is 4. The molecule has 52 heavy (non-hydrogen) atoms. The lowest BCUT2D eigenvalue weighted by Crippen LogP contribution is -2.60. The zero-order valence-electron chi connectivity index (χ0n) is 32.8. The third-order valence-corrected chi connectivity index (χ3v) is 9.96. The van der Waals surface area contributed by atoms with Gasteiger partial charge in [0.25, 0.3) is 0 Å². The van der Waals surface area contributed by atoms with Crippen molar-refractivity contribution in [2.45, 2.75) is 230 Å². The Hall–Kier alpha value is -1.79. The van der Waals surface area contributed by atoms with Gasteiger partial charge in [0, 0.05) is 12.8 Å². The molecule has 11 heteroatoms. The smallest absolute Gasteiger partial charge is 0.335 e. The Morgan fingerprint density at radius 1 is 0.519 bits per heavy atom. The van der Waals surface area contributed by atoms with Crippen molar-refractivity contribution in [1.82, 2.24) is 0 Å². The third kappa shape index (κ3) is 24.5. The average Bonchev–Trinajstić information content (AvgIpc) is 3.12. The molecule has 4 N–H and O–H groups in total. The highest BCUT2D eigenvalue weighted by Gasteiger charge is 2.47. The van der Waals surface area contributed by atoms with Crippen molar-refractivity contribution in [3.8, 4) is 0 Å². The van der Waals surface area contributed by atoms with E-state index in [-0.39, 0.29) is 26.1 Å². The Kier molecular flexibility index (Phi) is 30.3. The van der Waals surface area contributed by atoms with Crippen LogP contribution >= 0.6 is 0 Å². The number of unbranched alkanes of at least 4 members (excludes halogenated alkanes) is 24. The molecule has 0 aliphatic carbocycles. The second-order valence-corrected chi connectivity index (χ2v) is 14.8. The van der Waals surface area contributed by atoms with Crippen LogP contribution in [-0.4, -0.2) is 88.4 Å². The molecule has 306 valence electrons. The van der Waals surface area contributed by atoms with Crippen LogP contribution in [0.15, 0.2) is 0 Å². The minimum Gasteiger partial charge on any atom is -0.479 e. The summed E-state index contributed by atoms with van der Waals surface area (Å²) in [5.74, 6) is -2.43. The molecule has 0 amide bonds. The molecule has 1 heterocycles. The highest BCUT2D eigenvalue weighted by Crippen LogP contribution is 2.23. The summed E-state index contributed by atoms with van der Waals surface area (Å²) in [5, 5.41) is 39.7. The number of aliphatic hydroxyl groups excluding tert-OH is 3. The number of carboxylic acids is 1.